The zero-order valence-corrected chi connectivity index (χ0v) is 21.5. The monoisotopic (exact) mass is 553 g/mol. The highest BCUT2D eigenvalue weighted by Crippen LogP contribution is 2.06. The van der Waals surface area contributed by atoms with Gasteiger partial charge in [0, 0.05) is 12.8 Å². The van der Waals surface area contributed by atoms with E-state index >= 15 is 0 Å². The van der Waals surface area contributed by atoms with Gasteiger partial charge in [-0.1, -0.05) is 30.3 Å². The summed E-state index contributed by atoms with van der Waals surface area (Å²) in [5.41, 5.74) is 6.16. The van der Waals surface area contributed by atoms with Crippen LogP contribution in [0.2, 0.25) is 0 Å². The molecule has 0 fully saturated rings. The molecule has 39 heavy (non-hydrogen) atoms. The summed E-state index contributed by atoms with van der Waals surface area (Å²) < 4.78 is 0. The maximum Gasteiger partial charge on any atom is 0.328 e. The number of carbonyl (C=O) groups excluding carboxylic acids is 4. The lowest BCUT2D eigenvalue weighted by Crippen LogP contribution is -2.60. The highest BCUT2D eigenvalue weighted by molar-refractivity contribution is 5.95. The molecule has 15 heteroatoms. The molecule has 0 unspecified atom stereocenters. The van der Waals surface area contributed by atoms with Crippen molar-refractivity contribution in [2.24, 2.45) is 5.73 Å². The van der Waals surface area contributed by atoms with Crippen LogP contribution in [0.5, 0.6) is 0 Å². The highest BCUT2D eigenvalue weighted by atomic mass is 16.4. The Balaban J connectivity index is 2.93. The van der Waals surface area contributed by atoms with Crippen LogP contribution in [-0.2, 0) is 35.2 Å². The van der Waals surface area contributed by atoms with Gasteiger partial charge in [0.2, 0.25) is 23.6 Å². The first-order valence-corrected chi connectivity index (χ1v) is 12.0. The van der Waals surface area contributed by atoms with E-state index in [2.05, 4.69) is 21.3 Å². The van der Waals surface area contributed by atoms with Crippen LogP contribution in [0.25, 0.3) is 0 Å². The SMILES string of the molecule is C[C@@H](O)[C@H](NC(=O)[C@H](Cc1ccccc1)NC(=O)[C@@H](NC(=O)CNC(=O)[C@@H](N)CCC(=O)O)[C@@H](C)O)C(=O)O. The van der Waals surface area contributed by atoms with E-state index in [0.717, 1.165) is 0 Å². The molecule has 0 aliphatic heterocycles. The van der Waals surface area contributed by atoms with Crippen LogP contribution in [0.3, 0.4) is 0 Å². The lowest BCUT2D eigenvalue weighted by atomic mass is 10.0. The molecule has 0 bridgehead atoms. The van der Waals surface area contributed by atoms with Gasteiger partial charge in [-0.25, -0.2) is 4.79 Å². The Bertz CT molecular complexity index is 1020. The molecule has 0 heterocycles. The fourth-order valence-corrected chi connectivity index (χ4v) is 3.30. The van der Waals surface area contributed by atoms with Crippen molar-refractivity contribution in [3.8, 4) is 0 Å². The first-order chi connectivity index (χ1) is 18.2. The van der Waals surface area contributed by atoms with Crippen molar-refractivity contribution >= 4 is 35.6 Å². The van der Waals surface area contributed by atoms with Crippen LogP contribution < -0.4 is 27.0 Å². The number of hydrogen-bond acceptors (Lipinski definition) is 9. The molecule has 1 aromatic rings. The summed E-state index contributed by atoms with van der Waals surface area (Å²) in [4.78, 5) is 72.2. The lowest BCUT2D eigenvalue weighted by Gasteiger charge is -2.26. The Hall–Kier alpha value is -4.08. The second kappa shape index (κ2) is 16.0. The van der Waals surface area contributed by atoms with Gasteiger partial charge in [-0.2, -0.15) is 0 Å². The summed E-state index contributed by atoms with van der Waals surface area (Å²) >= 11 is 0. The van der Waals surface area contributed by atoms with E-state index in [1.165, 1.54) is 13.8 Å². The number of nitrogens with one attached hydrogen (secondary N) is 4. The number of amides is 4. The molecule has 0 saturated heterocycles. The van der Waals surface area contributed by atoms with Gasteiger partial charge in [0.1, 0.15) is 12.1 Å². The van der Waals surface area contributed by atoms with E-state index in [-0.39, 0.29) is 19.3 Å². The van der Waals surface area contributed by atoms with Crippen molar-refractivity contribution in [2.45, 2.75) is 69.5 Å². The minimum atomic E-state index is -1.66. The van der Waals surface area contributed by atoms with Gasteiger partial charge in [-0.15, -0.1) is 0 Å². The number of carboxylic acid groups (broad SMARTS) is 2. The first kappa shape index (κ1) is 32.9. The molecule has 1 aromatic carbocycles. The van der Waals surface area contributed by atoms with Gasteiger partial charge >= 0.3 is 11.9 Å². The Morgan fingerprint density at radius 3 is 1.92 bits per heavy atom. The number of aliphatic carboxylic acids is 2. The van der Waals surface area contributed by atoms with E-state index in [9.17, 15) is 44.1 Å². The van der Waals surface area contributed by atoms with Crippen LogP contribution in [0.4, 0.5) is 0 Å². The summed E-state index contributed by atoms with van der Waals surface area (Å²) in [5.74, 6) is -6.25. The molecule has 0 aliphatic carbocycles. The van der Waals surface area contributed by atoms with Crippen LogP contribution in [0.15, 0.2) is 30.3 Å². The van der Waals surface area contributed by atoms with Crippen molar-refractivity contribution in [1.82, 2.24) is 21.3 Å². The van der Waals surface area contributed by atoms with Gasteiger partial charge < -0.3 is 47.4 Å². The minimum absolute atomic E-state index is 0.0880. The first-order valence-electron chi connectivity index (χ1n) is 12.0. The number of benzene rings is 1. The fraction of sp³-hybridized carbons (Fsp3) is 0.500. The average Bonchev–Trinajstić information content (AvgIpc) is 2.86. The number of aliphatic hydroxyl groups is 2. The number of aliphatic hydroxyl groups excluding tert-OH is 2. The average molecular weight is 554 g/mol. The number of carboxylic acids is 2. The zero-order chi connectivity index (χ0) is 29.7. The third-order valence-electron chi connectivity index (χ3n) is 5.47. The highest BCUT2D eigenvalue weighted by Gasteiger charge is 2.33. The van der Waals surface area contributed by atoms with Gasteiger partial charge in [0.15, 0.2) is 6.04 Å². The number of rotatable bonds is 16. The minimum Gasteiger partial charge on any atom is -0.481 e. The van der Waals surface area contributed by atoms with Crippen LogP contribution in [-0.4, -0.2) is 98.9 Å². The van der Waals surface area contributed by atoms with E-state index < -0.39 is 78.5 Å². The molecule has 4 amide bonds. The second-order valence-corrected chi connectivity index (χ2v) is 8.86. The molecule has 10 N–H and O–H groups in total. The van der Waals surface area contributed by atoms with Crippen LogP contribution in [0, 0.1) is 0 Å². The van der Waals surface area contributed by atoms with Crippen LogP contribution >= 0.6 is 0 Å². The smallest absolute Gasteiger partial charge is 0.328 e. The molecule has 15 nitrogen and oxygen atoms in total. The standard InChI is InChI=1S/C24H35N5O10/c1-12(30)19(28-17(32)11-26-21(35)15(25)8-9-18(33)34)23(37)27-16(10-14-6-4-3-5-7-14)22(36)29-20(13(2)31)24(38)39/h3-7,12-13,15-16,19-20,30-31H,8-11,25H2,1-2H3,(H,26,35)(H,27,37)(H,28,32)(H,29,36)(H,33,34)(H,38,39)/t12-,13-,15+,16+,19+,20+/m1/s1. The summed E-state index contributed by atoms with van der Waals surface area (Å²) in [5, 5.41) is 46.7. The van der Waals surface area contributed by atoms with Crippen LogP contribution in [0.1, 0.15) is 32.3 Å². The van der Waals surface area contributed by atoms with Gasteiger partial charge in [-0.05, 0) is 25.8 Å². The normalized spacial score (nSPS) is 15.4. The number of carbonyl (C=O) groups is 6. The number of hydrogen-bond donors (Lipinski definition) is 9. The summed E-state index contributed by atoms with van der Waals surface area (Å²) in [6.07, 6.45) is -3.50. The molecule has 0 saturated carbocycles. The molecule has 0 aliphatic rings. The molecule has 216 valence electrons. The van der Waals surface area contributed by atoms with E-state index in [4.69, 9.17) is 10.8 Å². The van der Waals surface area contributed by atoms with E-state index in [0.29, 0.717) is 5.56 Å². The second-order valence-electron chi connectivity index (χ2n) is 8.86. The van der Waals surface area contributed by atoms with Gasteiger partial charge in [0.05, 0.1) is 24.8 Å². The maximum absolute atomic E-state index is 13.0. The Labute approximate surface area is 224 Å². The Morgan fingerprint density at radius 2 is 1.41 bits per heavy atom. The van der Waals surface area contributed by atoms with Gasteiger partial charge in [0.25, 0.3) is 0 Å². The third kappa shape index (κ3) is 11.9. The third-order valence-corrected chi connectivity index (χ3v) is 5.47. The van der Waals surface area contributed by atoms with Crippen molar-refractivity contribution < 1.29 is 49.2 Å². The van der Waals surface area contributed by atoms with Crippen molar-refractivity contribution in [3.63, 3.8) is 0 Å². The summed E-state index contributed by atoms with van der Waals surface area (Å²) in [6.45, 7) is 1.73. The molecular weight excluding hydrogens is 518 g/mol. The topological polar surface area (TPSA) is 257 Å². The maximum atomic E-state index is 13.0. The van der Waals surface area contributed by atoms with Crippen molar-refractivity contribution in [1.29, 1.82) is 0 Å². The molecule has 6 atom stereocenters. The molecular formula is C24H35N5O10. The quantitative estimate of drug-likeness (QED) is 0.0986. The van der Waals surface area contributed by atoms with Crippen molar-refractivity contribution in [3.05, 3.63) is 35.9 Å². The molecule has 0 spiro atoms. The van der Waals surface area contributed by atoms with Gasteiger partial charge in [-0.3, -0.25) is 24.0 Å². The Kier molecular flexibility index (Phi) is 13.5. The summed E-state index contributed by atoms with van der Waals surface area (Å²) in [7, 11) is 0. The predicted molar refractivity (Wildman–Crippen MR) is 135 cm³/mol. The molecule has 0 aromatic heterocycles. The van der Waals surface area contributed by atoms with E-state index in [1.807, 2.05) is 0 Å². The largest absolute Gasteiger partial charge is 0.481 e. The lowest BCUT2D eigenvalue weighted by molar-refractivity contribution is -0.145. The molecule has 1 rings (SSSR count). The summed E-state index contributed by atoms with van der Waals surface area (Å²) in [6, 6.07) is 2.64. The number of nitrogens with two attached hydrogens (primary N) is 1. The Morgan fingerprint density at radius 1 is 0.821 bits per heavy atom. The van der Waals surface area contributed by atoms with E-state index in [1.54, 1.807) is 30.3 Å². The zero-order valence-electron chi connectivity index (χ0n) is 21.5. The molecule has 0 radical (unpaired) electrons. The predicted octanol–water partition coefficient (Wildman–Crippen LogP) is -3.16. The van der Waals surface area contributed by atoms with Crippen molar-refractivity contribution in [2.75, 3.05) is 6.54 Å². The fourth-order valence-electron chi connectivity index (χ4n) is 3.30.